The minimum Gasteiger partial charge on any atom is -0.490 e. The topological polar surface area (TPSA) is 70.0 Å². The summed E-state index contributed by atoms with van der Waals surface area (Å²) in [5.74, 6) is -0.178. The Bertz CT molecular complexity index is 1070. The molecule has 4 rings (SSSR count). The molecule has 7 nitrogen and oxygen atoms in total. The maximum Gasteiger partial charge on any atom is 0.343 e. The predicted octanol–water partition coefficient (Wildman–Crippen LogP) is 3.54. The van der Waals surface area contributed by atoms with E-state index in [0.717, 1.165) is 45.5 Å². The van der Waals surface area contributed by atoms with Gasteiger partial charge in [0.1, 0.15) is 17.9 Å². The number of benzene rings is 1. The van der Waals surface area contributed by atoms with Gasteiger partial charge in [-0.2, -0.15) is 0 Å². The first-order valence-corrected chi connectivity index (χ1v) is 12.1. The zero-order valence-corrected chi connectivity index (χ0v) is 20.1. The summed E-state index contributed by atoms with van der Waals surface area (Å²) in [6.07, 6.45) is 5.80. The molecule has 2 aliphatic heterocycles. The summed E-state index contributed by atoms with van der Waals surface area (Å²) in [6.45, 7) is 5.94. The Morgan fingerprint density at radius 2 is 2.00 bits per heavy atom. The van der Waals surface area contributed by atoms with Crippen LogP contribution < -0.4 is 10.3 Å². The number of aromatic nitrogens is 1. The van der Waals surface area contributed by atoms with E-state index in [9.17, 15) is 9.59 Å². The fourth-order valence-corrected chi connectivity index (χ4v) is 4.74. The number of rotatable bonds is 7. The molecule has 7 heteroatoms. The Morgan fingerprint density at radius 1 is 1.18 bits per heavy atom. The van der Waals surface area contributed by atoms with Crippen molar-refractivity contribution in [2.24, 2.45) is 0 Å². The van der Waals surface area contributed by atoms with Crippen molar-refractivity contribution in [3.8, 4) is 5.75 Å². The van der Waals surface area contributed by atoms with Crippen LogP contribution in [0.25, 0.3) is 6.08 Å². The van der Waals surface area contributed by atoms with Crippen molar-refractivity contribution in [2.45, 2.75) is 45.3 Å². The molecule has 2 aromatic rings. The van der Waals surface area contributed by atoms with Gasteiger partial charge in [0.2, 0.25) is 0 Å². The molecule has 0 amide bonds. The van der Waals surface area contributed by atoms with Crippen LogP contribution in [0.15, 0.2) is 46.8 Å². The molecule has 3 heterocycles. The van der Waals surface area contributed by atoms with Crippen molar-refractivity contribution < 1.29 is 19.0 Å². The molecule has 2 aliphatic rings. The van der Waals surface area contributed by atoms with E-state index in [1.54, 1.807) is 4.57 Å². The van der Waals surface area contributed by atoms with E-state index >= 15 is 0 Å². The summed E-state index contributed by atoms with van der Waals surface area (Å²) in [5, 5.41) is 0. The SMILES string of the molecule is COC(=O)c1c(OCC2CCCCO2)cc(=O)n2c1CCN(C/C(C)=C/c1ccccc1)CC2. The van der Waals surface area contributed by atoms with Crippen molar-refractivity contribution in [1.82, 2.24) is 9.47 Å². The summed E-state index contributed by atoms with van der Waals surface area (Å²) in [4.78, 5) is 28.1. The maximum atomic E-state index is 13.0. The molecule has 182 valence electrons. The highest BCUT2D eigenvalue weighted by Crippen LogP contribution is 2.25. The molecule has 34 heavy (non-hydrogen) atoms. The number of hydrogen-bond acceptors (Lipinski definition) is 6. The molecular weight excluding hydrogens is 432 g/mol. The third-order valence-electron chi connectivity index (χ3n) is 6.46. The van der Waals surface area contributed by atoms with E-state index in [2.05, 4.69) is 30.0 Å². The van der Waals surface area contributed by atoms with Gasteiger partial charge < -0.3 is 18.8 Å². The van der Waals surface area contributed by atoms with Gasteiger partial charge in [-0.15, -0.1) is 0 Å². The van der Waals surface area contributed by atoms with Gasteiger partial charge in [0.15, 0.2) is 0 Å². The average molecular weight is 467 g/mol. The van der Waals surface area contributed by atoms with Gasteiger partial charge in [-0.25, -0.2) is 4.79 Å². The number of carbonyl (C=O) groups excluding carboxylic acids is 1. The van der Waals surface area contributed by atoms with Crippen LogP contribution in [0.3, 0.4) is 0 Å². The van der Waals surface area contributed by atoms with E-state index in [1.807, 2.05) is 18.2 Å². The molecule has 1 unspecified atom stereocenters. The van der Waals surface area contributed by atoms with Gasteiger partial charge in [0, 0.05) is 51.0 Å². The molecule has 1 aromatic heterocycles. The fourth-order valence-electron chi connectivity index (χ4n) is 4.74. The summed E-state index contributed by atoms with van der Waals surface area (Å²) in [5.41, 5.74) is 3.31. The van der Waals surface area contributed by atoms with Crippen LogP contribution in [0.2, 0.25) is 0 Å². The lowest BCUT2D eigenvalue weighted by atomic mass is 10.1. The molecular formula is C27H34N2O5. The van der Waals surface area contributed by atoms with Gasteiger partial charge in [-0.05, 0) is 31.7 Å². The third kappa shape index (κ3) is 5.96. The molecule has 0 spiro atoms. The van der Waals surface area contributed by atoms with Gasteiger partial charge in [0.25, 0.3) is 5.56 Å². The van der Waals surface area contributed by atoms with Crippen LogP contribution in [0.5, 0.6) is 5.75 Å². The van der Waals surface area contributed by atoms with Crippen molar-refractivity contribution in [3.05, 3.63) is 69.1 Å². The lowest BCUT2D eigenvalue weighted by Crippen LogP contribution is -2.31. The zero-order chi connectivity index (χ0) is 23.9. The number of hydrogen-bond donors (Lipinski definition) is 0. The second-order valence-electron chi connectivity index (χ2n) is 9.04. The summed E-state index contributed by atoms with van der Waals surface area (Å²) in [7, 11) is 1.36. The molecule has 1 saturated heterocycles. The number of esters is 1. The summed E-state index contributed by atoms with van der Waals surface area (Å²) >= 11 is 0. The number of carbonyl (C=O) groups is 1. The Labute approximate surface area is 200 Å². The van der Waals surface area contributed by atoms with E-state index in [4.69, 9.17) is 14.2 Å². The van der Waals surface area contributed by atoms with E-state index in [1.165, 1.54) is 24.3 Å². The van der Waals surface area contributed by atoms with Crippen LogP contribution in [0.4, 0.5) is 0 Å². The fraction of sp³-hybridized carbons (Fsp3) is 0.481. The highest BCUT2D eigenvalue weighted by atomic mass is 16.5. The monoisotopic (exact) mass is 466 g/mol. The Hall–Kier alpha value is -2.90. The predicted molar refractivity (Wildman–Crippen MR) is 131 cm³/mol. The van der Waals surface area contributed by atoms with Crippen LogP contribution in [-0.4, -0.2) is 61.5 Å². The largest absolute Gasteiger partial charge is 0.490 e. The van der Waals surface area contributed by atoms with Gasteiger partial charge in [-0.3, -0.25) is 9.69 Å². The lowest BCUT2D eigenvalue weighted by Gasteiger charge is -2.24. The number of fused-ring (bicyclic) bond motifs is 1. The summed E-state index contributed by atoms with van der Waals surface area (Å²) in [6, 6.07) is 11.7. The molecule has 0 aliphatic carbocycles. The smallest absolute Gasteiger partial charge is 0.343 e. The normalized spacial score (nSPS) is 19.2. The third-order valence-corrected chi connectivity index (χ3v) is 6.46. The lowest BCUT2D eigenvalue weighted by molar-refractivity contribution is -0.0114. The average Bonchev–Trinajstić information content (AvgIpc) is 3.06. The van der Waals surface area contributed by atoms with Crippen LogP contribution in [-0.2, 0) is 22.4 Å². The quantitative estimate of drug-likeness (QED) is 0.582. The van der Waals surface area contributed by atoms with E-state index in [0.29, 0.717) is 36.6 Å². The molecule has 0 saturated carbocycles. The Balaban J connectivity index is 1.52. The Kier molecular flexibility index (Phi) is 8.19. The van der Waals surface area contributed by atoms with Crippen molar-refractivity contribution >= 4 is 12.0 Å². The maximum absolute atomic E-state index is 13.0. The van der Waals surface area contributed by atoms with Crippen LogP contribution >= 0.6 is 0 Å². The van der Waals surface area contributed by atoms with Crippen molar-refractivity contribution in [3.63, 3.8) is 0 Å². The first kappa shape index (κ1) is 24.2. The highest BCUT2D eigenvalue weighted by molar-refractivity contribution is 5.93. The standard InChI is InChI=1S/C27H34N2O5/c1-20(16-21-8-4-3-5-9-21)18-28-12-11-23-26(27(31)32-2)24(17-25(30)29(23)14-13-28)34-19-22-10-6-7-15-33-22/h3-5,8-9,16-17,22H,6-7,10-15,18-19H2,1-2H3/b20-16+. The second kappa shape index (κ2) is 11.5. The molecule has 1 aromatic carbocycles. The highest BCUT2D eigenvalue weighted by Gasteiger charge is 2.27. The minimum atomic E-state index is -0.475. The molecule has 0 bridgehead atoms. The van der Waals surface area contributed by atoms with Crippen molar-refractivity contribution in [2.75, 3.05) is 40.0 Å². The number of pyridine rings is 1. The van der Waals surface area contributed by atoms with E-state index in [-0.39, 0.29) is 11.7 Å². The van der Waals surface area contributed by atoms with Crippen LogP contribution in [0.1, 0.15) is 47.8 Å². The first-order valence-electron chi connectivity index (χ1n) is 12.1. The zero-order valence-electron chi connectivity index (χ0n) is 20.1. The number of methoxy groups -OCH3 is 1. The number of ether oxygens (including phenoxy) is 3. The molecule has 0 N–H and O–H groups in total. The van der Waals surface area contributed by atoms with Gasteiger partial charge >= 0.3 is 5.97 Å². The van der Waals surface area contributed by atoms with Gasteiger partial charge in [-0.1, -0.05) is 42.0 Å². The number of nitrogens with zero attached hydrogens (tertiary/aromatic N) is 2. The molecule has 0 radical (unpaired) electrons. The van der Waals surface area contributed by atoms with Gasteiger partial charge in [0.05, 0.1) is 13.2 Å². The summed E-state index contributed by atoms with van der Waals surface area (Å²) < 4.78 is 18.5. The van der Waals surface area contributed by atoms with Crippen molar-refractivity contribution in [1.29, 1.82) is 0 Å². The second-order valence-corrected chi connectivity index (χ2v) is 9.04. The van der Waals surface area contributed by atoms with Crippen LogP contribution in [0, 0.1) is 0 Å². The molecule has 1 atom stereocenters. The Morgan fingerprint density at radius 3 is 2.74 bits per heavy atom. The van der Waals surface area contributed by atoms with E-state index < -0.39 is 5.97 Å². The molecule has 1 fully saturated rings. The minimum absolute atomic E-state index is 0.0179. The first-order chi connectivity index (χ1) is 16.5.